The van der Waals surface area contributed by atoms with Crippen molar-refractivity contribution in [1.82, 2.24) is 10.3 Å². The first-order valence-corrected chi connectivity index (χ1v) is 7.31. The molecule has 0 radical (unpaired) electrons. The van der Waals surface area contributed by atoms with Gasteiger partial charge in [-0.25, -0.2) is 4.98 Å². The number of thiazole rings is 1. The molecule has 0 saturated carbocycles. The number of aromatic nitrogens is 1. The molecule has 4 heteroatoms. The Labute approximate surface area is 111 Å². The number of rotatable bonds is 4. The van der Waals surface area contributed by atoms with Crippen LogP contribution in [0.1, 0.15) is 29.5 Å². The zero-order valence-electron chi connectivity index (χ0n) is 10.8. The van der Waals surface area contributed by atoms with E-state index in [-0.39, 0.29) is 0 Å². The van der Waals surface area contributed by atoms with Gasteiger partial charge in [-0.3, -0.25) is 0 Å². The van der Waals surface area contributed by atoms with Crippen molar-refractivity contribution in [2.45, 2.75) is 33.2 Å². The maximum atomic E-state index is 5.48. The van der Waals surface area contributed by atoms with Crippen molar-refractivity contribution < 1.29 is 4.42 Å². The Bertz CT molecular complexity index is 542. The Morgan fingerprint density at radius 3 is 3.17 bits per heavy atom. The van der Waals surface area contributed by atoms with Gasteiger partial charge in [0.15, 0.2) is 0 Å². The van der Waals surface area contributed by atoms with Gasteiger partial charge in [-0.05, 0) is 24.9 Å². The molecule has 1 aliphatic carbocycles. The van der Waals surface area contributed by atoms with E-state index in [9.17, 15) is 0 Å². The van der Waals surface area contributed by atoms with Crippen LogP contribution in [0.3, 0.4) is 0 Å². The van der Waals surface area contributed by atoms with Crippen LogP contribution in [0.25, 0.3) is 11.3 Å². The summed E-state index contributed by atoms with van der Waals surface area (Å²) in [5, 5.41) is 4.64. The molecule has 1 N–H and O–H groups in total. The molecule has 0 atom stereocenters. The van der Waals surface area contributed by atoms with E-state index in [0.29, 0.717) is 5.92 Å². The van der Waals surface area contributed by atoms with E-state index in [4.69, 9.17) is 9.40 Å². The van der Waals surface area contributed by atoms with Crippen LogP contribution in [0.5, 0.6) is 0 Å². The molecule has 0 amide bonds. The topological polar surface area (TPSA) is 38.1 Å². The van der Waals surface area contributed by atoms with Gasteiger partial charge >= 0.3 is 0 Å². The van der Waals surface area contributed by atoms with Crippen molar-refractivity contribution >= 4 is 11.3 Å². The minimum absolute atomic E-state index is 0.681. The minimum Gasteiger partial charge on any atom is -0.469 e. The highest BCUT2D eigenvalue weighted by molar-refractivity contribution is 7.12. The molecule has 0 saturated heterocycles. The second kappa shape index (κ2) is 4.86. The van der Waals surface area contributed by atoms with Gasteiger partial charge in [-0.15, -0.1) is 11.3 Å². The number of furan rings is 1. The average Bonchev–Trinajstić information content (AvgIpc) is 2.92. The van der Waals surface area contributed by atoms with Crippen LogP contribution in [0.4, 0.5) is 0 Å². The van der Waals surface area contributed by atoms with Crippen LogP contribution in [-0.4, -0.2) is 11.5 Å². The molecular formula is C14H18N2OS. The molecule has 18 heavy (non-hydrogen) atoms. The van der Waals surface area contributed by atoms with Crippen molar-refractivity contribution in [2.24, 2.45) is 5.92 Å². The van der Waals surface area contributed by atoms with Crippen molar-refractivity contribution in [2.75, 3.05) is 6.54 Å². The lowest BCUT2D eigenvalue weighted by atomic mass is 10.0. The number of nitrogens with zero attached hydrogens (tertiary/aromatic N) is 1. The average molecular weight is 262 g/mol. The summed E-state index contributed by atoms with van der Waals surface area (Å²) in [5.41, 5.74) is 2.35. The van der Waals surface area contributed by atoms with Crippen LogP contribution in [-0.2, 0) is 19.4 Å². The molecule has 2 heterocycles. The molecule has 3 rings (SSSR count). The third kappa shape index (κ3) is 2.22. The SMILES string of the molecule is CC(C)CNCc1nc2c(s1)CCc1occc1-2. The van der Waals surface area contributed by atoms with E-state index < -0.39 is 0 Å². The van der Waals surface area contributed by atoms with Gasteiger partial charge in [-0.1, -0.05) is 13.8 Å². The molecule has 2 aromatic rings. The molecule has 0 spiro atoms. The molecule has 0 fully saturated rings. The summed E-state index contributed by atoms with van der Waals surface area (Å²) >= 11 is 1.84. The smallest absolute Gasteiger partial charge is 0.113 e. The number of hydrogen-bond donors (Lipinski definition) is 1. The molecule has 0 aliphatic heterocycles. The Hall–Kier alpha value is -1.13. The fourth-order valence-electron chi connectivity index (χ4n) is 2.30. The highest BCUT2D eigenvalue weighted by atomic mass is 32.1. The second-order valence-corrected chi connectivity index (χ2v) is 6.33. The lowest BCUT2D eigenvalue weighted by Crippen LogP contribution is -2.18. The van der Waals surface area contributed by atoms with Crippen molar-refractivity contribution in [1.29, 1.82) is 0 Å². The van der Waals surface area contributed by atoms with Gasteiger partial charge in [0.05, 0.1) is 12.0 Å². The summed E-state index contributed by atoms with van der Waals surface area (Å²) in [6, 6.07) is 2.04. The van der Waals surface area contributed by atoms with E-state index in [2.05, 4.69) is 19.2 Å². The standard InChI is InChI=1S/C14H18N2OS/c1-9(2)7-15-8-13-16-14-10-5-6-17-11(10)3-4-12(14)18-13/h5-6,9,15H,3-4,7-8H2,1-2H3. The lowest BCUT2D eigenvalue weighted by Gasteiger charge is -2.07. The Morgan fingerprint density at radius 2 is 2.33 bits per heavy atom. The van der Waals surface area contributed by atoms with E-state index in [1.807, 2.05) is 17.4 Å². The monoisotopic (exact) mass is 262 g/mol. The quantitative estimate of drug-likeness (QED) is 0.919. The first-order valence-electron chi connectivity index (χ1n) is 6.50. The van der Waals surface area contributed by atoms with Crippen molar-refractivity contribution in [3.8, 4) is 11.3 Å². The van der Waals surface area contributed by atoms with Gasteiger partial charge in [-0.2, -0.15) is 0 Å². The van der Waals surface area contributed by atoms with Crippen LogP contribution >= 0.6 is 11.3 Å². The summed E-state index contributed by atoms with van der Waals surface area (Å²) < 4.78 is 5.48. The minimum atomic E-state index is 0.681. The van der Waals surface area contributed by atoms with Crippen LogP contribution in [0, 0.1) is 5.92 Å². The summed E-state index contributed by atoms with van der Waals surface area (Å²) in [6.45, 7) is 6.36. The maximum absolute atomic E-state index is 5.48. The summed E-state index contributed by atoms with van der Waals surface area (Å²) in [5.74, 6) is 1.77. The number of aryl methyl sites for hydroxylation is 2. The van der Waals surface area contributed by atoms with Crippen molar-refractivity contribution in [3.63, 3.8) is 0 Å². The first kappa shape index (κ1) is 11.9. The third-order valence-corrected chi connectivity index (χ3v) is 4.27. The molecule has 2 aromatic heterocycles. The van der Waals surface area contributed by atoms with Crippen LogP contribution in [0.15, 0.2) is 16.7 Å². The van der Waals surface area contributed by atoms with E-state index in [1.165, 1.54) is 15.4 Å². The Morgan fingerprint density at radius 1 is 1.44 bits per heavy atom. The van der Waals surface area contributed by atoms with E-state index in [0.717, 1.165) is 37.4 Å². The fourth-order valence-corrected chi connectivity index (χ4v) is 3.35. The third-order valence-electron chi connectivity index (χ3n) is 3.15. The van der Waals surface area contributed by atoms with Crippen LogP contribution in [0.2, 0.25) is 0 Å². The normalized spacial score (nSPS) is 13.7. The zero-order valence-corrected chi connectivity index (χ0v) is 11.6. The van der Waals surface area contributed by atoms with Crippen molar-refractivity contribution in [3.05, 3.63) is 28.0 Å². The van der Waals surface area contributed by atoms with E-state index >= 15 is 0 Å². The molecule has 0 bridgehead atoms. The summed E-state index contributed by atoms with van der Waals surface area (Å²) in [4.78, 5) is 6.16. The first-order chi connectivity index (χ1) is 8.74. The highest BCUT2D eigenvalue weighted by Gasteiger charge is 2.22. The van der Waals surface area contributed by atoms with Gasteiger partial charge in [0.25, 0.3) is 0 Å². The van der Waals surface area contributed by atoms with Crippen LogP contribution < -0.4 is 5.32 Å². The molecule has 0 aromatic carbocycles. The molecule has 96 valence electrons. The summed E-state index contributed by atoms with van der Waals surface area (Å²) in [6.07, 6.45) is 3.85. The Balaban J connectivity index is 1.77. The van der Waals surface area contributed by atoms with E-state index in [1.54, 1.807) is 6.26 Å². The lowest BCUT2D eigenvalue weighted by molar-refractivity contribution is 0.508. The van der Waals surface area contributed by atoms with Gasteiger partial charge in [0.2, 0.25) is 0 Å². The Kier molecular flexibility index (Phi) is 3.22. The number of hydrogen-bond acceptors (Lipinski definition) is 4. The number of nitrogens with one attached hydrogen (secondary N) is 1. The largest absolute Gasteiger partial charge is 0.469 e. The van der Waals surface area contributed by atoms with Gasteiger partial charge in [0.1, 0.15) is 10.8 Å². The van der Waals surface area contributed by atoms with Gasteiger partial charge in [0, 0.05) is 23.4 Å². The summed E-state index contributed by atoms with van der Waals surface area (Å²) in [7, 11) is 0. The van der Waals surface area contributed by atoms with Gasteiger partial charge < -0.3 is 9.73 Å². The molecule has 0 unspecified atom stereocenters. The zero-order chi connectivity index (χ0) is 12.5. The predicted octanol–water partition coefficient (Wildman–Crippen LogP) is 3.25. The predicted molar refractivity (Wildman–Crippen MR) is 73.8 cm³/mol. The molecule has 3 nitrogen and oxygen atoms in total. The molecule has 1 aliphatic rings. The second-order valence-electron chi connectivity index (χ2n) is 5.16. The number of fused-ring (bicyclic) bond motifs is 3. The highest BCUT2D eigenvalue weighted by Crippen LogP contribution is 2.36. The fraction of sp³-hybridized carbons (Fsp3) is 0.500. The molecular weight excluding hydrogens is 244 g/mol. The maximum Gasteiger partial charge on any atom is 0.113 e.